The molecule has 90 valence electrons. The van der Waals surface area contributed by atoms with E-state index in [1.165, 1.54) is 20.3 Å². The Balaban J connectivity index is 3.25. The highest BCUT2D eigenvalue weighted by atomic mass is 19.1. The van der Waals surface area contributed by atoms with Gasteiger partial charge in [0.2, 0.25) is 0 Å². The van der Waals surface area contributed by atoms with Gasteiger partial charge in [0.25, 0.3) is 0 Å². The zero-order valence-corrected chi connectivity index (χ0v) is 9.37. The topological polar surface area (TPSA) is 64.7 Å². The summed E-state index contributed by atoms with van der Waals surface area (Å²) in [5.74, 6) is 0.789. The molecule has 0 aliphatic carbocycles. The van der Waals surface area contributed by atoms with Crippen LogP contribution in [-0.4, -0.2) is 25.9 Å². The van der Waals surface area contributed by atoms with Gasteiger partial charge in [0, 0.05) is 17.7 Å². The van der Waals surface area contributed by atoms with Crippen LogP contribution in [0, 0.1) is 0 Å². The van der Waals surface area contributed by atoms with E-state index in [-0.39, 0.29) is 6.54 Å². The van der Waals surface area contributed by atoms with Crippen molar-refractivity contribution in [2.45, 2.75) is 12.8 Å². The van der Waals surface area contributed by atoms with Gasteiger partial charge in [-0.3, -0.25) is 0 Å². The van der Waals surface area contributed by atoms with Gasteiger partial charge in [-0.1, -0.05) is 0 Å². The quantitative estimate of drug-likeness (QED) is 0.795. The summed E-state index contributed by atoms with van der Waals surface area (Å²) in [4.78, 5) is 0. The van der Waals surface area contributed by atoms with Crippen molar-refractivity contribution < 1.29 is 19.0 Å². The molecular weight excluding hydrogens is 213 g/mol. The minimum atomic E-state index is -0.850. The van der Waals surface area contributed by atoms with E-state index in [2.05, 4.69) is 0 Å². The summed E-state index contributed by atoms with van der Waals surface area (Å²) < 4.78 is 22.8. The summed E-state index contributed by atoms with van der Waals surface area (Å²) >= 11 is 0. The molecule has 0 spiro atoms. The summed E-state index contributed by atoms with van der Waals surface area (Å²) in [6.07, 6.45) is -0.850. The number of ether oxygens (including phenoxy) is 2. The molecule has 0 heterocycles. The molecule has 0 radical (unpaired) electrons. The monoisotopic (exact) mass is 229 g/mol. The molecule has 0 aromatic heterocycles. The van der Waals surface area contributed by atoms with E-state index in [1.54, 1.807) is 6.07 Å². The minimum absolute atomic E-state index is 0.0640. The lowest BCUT2D eigenvalue weighted by atomic mass is 10.0. The minimum Gasteiger partial charge on any atom is -0.496 e. The largest absolute Gasteiger partial charge is 0.496 e. The second kappa shape index (κ2) is 5.67. The fraction of sp³-hybridized carbons (Fsp3) is 0.455. The molecule has 5 heteroatoms. The van der Waals surface area contributed by atoms with Crippen LogP contribution in [0.1, 0.15) is 17.2 Å². The van der Waals surface area contributed by atoms with Crippen molar-refractivity contribution in [2.75, 3.05) is 20.8 Å². The normalized spacial score (nSPS) is 12.3. The molecule has 0 amide bonds. The van der Waals surface area contributed by atoms with Gasteiger partial charge < -0.3 is 20.3 Å². The number of hydrogen-bond donors (Lipinski definition) is 2. The lowest BCUT2D eigenvalue weighted by Crippen LogP contribution is -2.13. The SMILES string of the molecule is COc1cc(C(O)CN)c(OC)cc1CF. The van der Waals surface area contributed by atoms with Crippen LogP contribution in [0.15, 0.2) is 12.1 Å². The molecule has 4 nitrogen and oxygen atoms in total. The van der Waals surface area contributed by atoms with Gasteiger partial charge in [-0.25, -0.2) is 4.39 Å². The molecule has 1 atom stereocenters. The van der Waals surface area contributed by atoms with Gasteiger partial charge in [-0.05, 0) is 12.1 Å². The fourth-order valence-corrected chi connectivity index (χ4v) is 1.48. The third kappa shape index (κ3) is 2.43. The predicted molar refractivity (Wildman–Crippen MR) is 58.4 cm³/mol. The van der Waals surface area contributed by atoms with E-state index < -0.39 is 12.8 Å². The first kappa shape index (κ1) is 12.7. The van der Waals surface area contributed by atoms with Crippen LogP contribution in [0.3, 0.4) is 0 Å². The van der Waals surface area contributed by atoms with Crippen LogP contribution in [0.25, 0.3) is 0 Å². The van der Waals surface area contributed by atoms with Crippen molar-refractivity contribution >= 4 is 0 Å². The van der Waals surface area contributed by atoms with Crippen molar-refractivity contribution in [3.8, 4) is 11.5 Å². The highest BCUT2D eigenvalue weighted by Gasteiger charge is 2.16. The Bertz CT molecular complexity index is 357. The van der Waals surface area contributed by atoms with E-state index >= 15 is 0 Å². The van der Waals surface area contributed by atoms with Crippen LogP contribution < -0.4 is 15.2 Å². The highest BCUT2D eigenvalue weighted by molar-refractivity contribution is 5.47. The van der Waals surface area contributed by atoms with Gasteiger partial charge in [0.05, 0.1) is 20.3 Å². The van der Waals surface area contributed by atoms with Gasteiger partial charge in [0.15, 0.2) is 0 Å². The summed E-state index contributed by atoms with van der Waals surface area (Å²) in [6, 6.07) is 3.05. The maximum Gasteiger partial charge on any atom is 0.125 e. The van der Waals surface area contributed by atoms with Crippen LogP contribution in [0.2, 0.25) is 0 Å². The zero-order valence-electron chi connectivity index (χ0n) is 9.37. The number of benzene rings is 1. The zero-order chi connectivity index (χ0) is 12.1. The molecule has 0 bridgehead atoms. The number of hydrogen-bond acceptors (Lipinski definition) is 4. The first-order chi connectivity index (χ1) is 7.67. The first-order valence-electron chi connectivity index (χ1n) is 4.86. The summed E-state index contributed by atoms with van der Waals surface area (Å²) in [5.41, 5.74) is 6.25. The lowest BCUT2D eigenvalue weighted by Gasteiger charge is -2.16. The molecule has 0 aliphatic heterocycles. The molecule has 16 heavy (non-hydrogen) atoms. The maximum atomic E-state index is 12.7. The Morgan fingerprint density at radius 1 is 1.31 bits per heavy atom. The summed E-state index contributed by atoms with van der Waals surface area (Å²) in [5, 5.41) is 9.67. The summed E-state index contributed by atoms with van der Waals surface area (Å²) in [7, 11) is 2.90. The summed E-state index contributed by atoms with van der Waals surface area (Å²) in [6.45, 7) is -0.590. The highest BCUT2D eigenvalue weighted by Crippen LogP contribution is 2.32. The Labute approximate surface area is 93.8 Å². The number of aliphatic hydroxyl groups excluding tert-OH is 1. The van der Waals surface area contributed by atoms with Crippen molar-refractivity contribution in [1.29, 1.82) is 0 Å². The van der Waals surface area contributed by atoms with E-state index in [0.29, 0.717) is 22.6 Å². The number of rotatable bonds is 5. The number of aliphatic hydroxyl groups is 1. The molecule has 1 aromatic rings. The molecule has 0 saturated heterocycles. The molecule has 0 aliphatic rings. The van der Waals surface area contributed by atoms with Gasteiger partial charge in [-0.15, -0.1) is 0 Å². The van der Waals surface area contributed by atoms with E-state index in [4.69, 9.17) is 15.2 Å². The lowest BCUT2D eigenvalue weighted by molar-refractivity contribution is 0.181. The average molecular weight is 229 g/mol. The van der Waals surface area contributed by atoms with E-state index in [9.17, 15) is 9.50 Å². The third-order valence-corrected chi connectivity index (χ3v) is 2.36. The van der Waals surface area contributed by atoms with Crippen molar-refractivity contribution in [2.24, 2.45) is 5.73 Å². The van der Waals surface area contributed by atoms with E-state index in [1.807, 2.05) is 0 Å². The number of halogens is 1. The maximum absolute atomic E-state index is 12.7. The van der Waals surface area contributed by atoms with Crippen molar-refractivity contribution in [3.63, 3.8) is 0 Å². The molecule has 0 fully saturated rings. The Morgan fingerprint density at radius 3 is 2.38 bits per heavy atom. The third-order valence-electron chi connectivity index (χ3n) is 2.36. The second-order valence-corrected chi connectivity index (χ2v) is 3.29. The van der Waals surface area contributed by atoms with Crippen LogP contribution in [-0.2, 0) is 6.67 Å². The Kier molecular flexibility index (Phi) is 4.52. The van der Waals surface area contributed by atoms with Crippen molar-refractivity contribution in [3.05, 3.63) is 23.3 Å². The molecule has 1 aromatic carbocycles. The number of nitrogens with two attached hydrogens (primary N) is 1. The number of methoxy groups -OCH3 is 2. The smallest absolute Gasteiger partial charge is 0.125 e. The first-order valence-corrected chi connectivity index (χ1v) is 4.86. The van der Waals surface area contributed by atoms with Gasteiger partial charge in [-0.2, -0.15) is 0 Å². The molecule has 0 saturated carbocycles. The van der Waals surface area contributed by atoms with Crippen LogP contribution >= 0.6 is 0 Å². The second-order valence-electron chi connectivity index (χ2n) is 3.29. The number of alkyl halides is 1. The predicted octanol–water partition coefficient (Wildman–Crippen LogP) is 1.17. The van der Waals surface area contributed by atoms with Crippen LogP contribution in [0.5, 0.6) is 11.5 Å². The molecule has 3 N–H and O–H groups in total. The molecular formula is C11H16FNO3. The van der Waals surface area contributed by atoms with Crippen molar-refractivity contribution in [1.82, 2.24) is 0 Å². The Hall–Kier alpha value is -1.33. The molecule has 1 unspecified atom stereocenters. The van der Waals surface area contributed by atoms with E-state index in [0.717, 1.165) is 0 Å². The standard InChI is InChI=1S/C11H16FNO3/c1-15-10-4-8(9(14)6-13)11(16-2)3-7(10)5-12/h3-4,9,14H,5-6,13H2,1-2H3. The molecule has 1 rings (SSSR count). The fourth-order valence-electron chi connectivity index (χ4n) is 1.48. The average Bonchev–Trinajstić information content (AvgIpc) is 2.35. The van der Waals surface area contributed by atoms with Crippen LogP contribution in [0.4, 0.5) is 4.39 Å². The van der Waals surface area contributed by atoms with Gasteiger partial charge >= 0.3 is 0 Å². The van der Waals surface area contributed by atoms with Gasteiger partial charge in [0.1, 0.15) is 18.2 Å². The Morgan fingerprint density at radius 2 is 1.94 bits per heavy atom.